The first-order valence-electron chi connectivity index (χ1n) is 7.25. The van der Waals surface area contributed by atoms with Crippen LogP contribution in [0.3, 0.4) is 0 Å². The van der Waals surface area contributed by atoms with Gasteiger partial charge in [-0.1, -0.05) is 19.6 Å². The van der Waals surface area contributed by atoms with E-state index in [-0.39, 0.29) is 7.43 Å². The highest BCUT2D eigenvalue weighted by molar-refractivity contribution is 8.13. The fraction of sp³-hybridized carbons (Fsp3) is 0.294. The molecule has 11 heteroatoms. The van der Waals surface area contributed by atoms with Crippen molar-refractivity contribution in [3.8, 4) is 11.5 Å². The molecule has 0 unspecified atom stereocenters. The Kier molecular flexibility index (Phi) is 13.1. The van der Waals surface area contributed by atoms with Gasteiger partial charge in [-0.15, -0.1) is 0 Å². The maximum atomic E-state index is 10.8. The number of anilines is 2. The van der Waals surface area contributed by atoms with Crippen molar-refractivity contribution in [2.75, 3.05) is 37.2 Å². The molecule has 0 fully saturated rings. The number of rotatable bonds is 4. The largest absolute Gasteiger partial charge is 0.497 e. The molecule has 0 bridgehead atoms. The zero-order valence-corrected chi connectivity index (χ0v) is 17.7. The molecule has 2 rings (SSSR count). The summed E-state index contributed by atoms with van der Waals surface area (Å²) in [6, 6.07) is 14.0. The lowest BCUT2D eigenvalue weighted by Gasteiger charge is -2.05. The molecule has 0 aliphatic carbocycles. The van der Waals surface area contributed by atoms with Crippen LogP contribution in [0.1, 0.15) is 7.43 Å². The number of nitrogens with two attached hydrogens (primary N) is 1. The van der Waals surface area contributed by atoms with Crippen LogP contribution < -0.4 is 19.9 Å². The van der Waals surface area contributed by atoms with Gasteiger partial charge in [0, 0.05) is 28.5 Å². The summed E-state index contributed by atoms with van der Waals surface area (Å²) in [6.45, 7) is 0. The number of benzene rings is 2. The molecule has 0 aliphatic heterocycles. The second kappa shape index (κ2) is 13.1. The van der Waals surface area contributed by atoms with Gasteiger partial charge in [-0.05, 0) is 24.3 Å². The van der Waals surface area contributed by atoms with E-state index in [4.69, 9.17) is 15.2 Å². The van der Waals surface area contributed by atoms with Gasteiger partial charge in [0.1, 0.15) is 11.5 Å². The molecule has 0 radical (unpaired) electrons. The third-order valence-electron chi connectivity index (χ3n) is 2.47. The van der Waals surface area contributed by atoms with E-state index in [1.807, 2.05) is 18.2 Å². The Morgan fingerprint density at radius 3 is 1.68 bits per heavy atom. The molecule has 2 aromatic carbocycles. The predicted octanol–water partition coefficient (Wildman–Crippen LogP) is 3.17. The van der Waals surface area contributed by atoms with Crippen molar-refractivity contribution in [3.63, 3.8) is 0 Å². The molecule has 8 nitrogen and oxygen atoms in total. The number of ether oxygens (including phenoxy) is 2. The van der Waals surface area contributed by atoms with Crippen LogP contribution in [-0.4, -0.2) is 43.6 Å². The molecule has 2 aromatic rings. The molecule has 0 saturated heterocycles. The first kappa shape index (κ1) is 28.0. The van der Waals surface area contributed by atoms with Crippen LogP contribution >= 0.6 is 10.7 Å². The summed E-state index contributed by atoms with van der Waals surface area (Å²) in [5, 5.41) is 0. The lowest BCUT2D eigenvalue weighted by atomic mass is 10.3. The molecule has 0 aromatic heterocycles. The zero-order valence-electron chi connectivity index (χ0n) is 15.3. The lowest BCUT2D eigenvalue weighted by molar-refractivity contribution is 0.415. The number of sulfonamides is 1. The number of hydrogen-bond donors (Lipinski definition) is 2. The predicted molar refractivity (Wildman–Crippen MR) is 116 cm³/mol. The van der Waals surface area contributed by atoms with Crippen LogP contribution in [0.4, 0.5) is 11.4 Å². The molecule has 0 amide bonds. The van der Waals surface area contributed by atoms with Gasteiger partial charge in [0.05, 0.1) is 32.4 Å². The van der Waals surface area contributed by atoms with Crippen LogP contribution in [0, 0.1) is 0 Å². The SMILES string of the molecule is C.COc1cccc(N)c1.COc1cccc(NS(C)(=O)=O)c1.CS(=O)(=O)Cl. The van der Waals surface area contributed by atoms with Crippen LogP contribution in [0.2, 0.25) is 0 Å². The Morgan fingerprint density at radius 1 is 0.893 bits per heavy atom. The van der Waals surface area contributed by atoms with E-state index in [2.05, 4.69) is 15.4 Å². The summed E-state index contributed by atoms with van der Waals surface area (Å²) in [5.74, 6) is 1.42. The van der Waals surface area contributed by atoms with Gasteiger partial charge >= 0.3 is 0 Å². The summed E-state index contributed by atoms with van der Waals surface area (Å²) >= 11 is 0. The van der Waals surface area contributed by atoms with Crippen LogP contribution in [0.15, 0.2) is 48.5 Å². The van der Waals surface area contributed by atoms with E-state index < -0.39 is 19.1 Å². The van der Waals surface area contributed by atoms with Crippen molar-refractivity contribution in [3.05, 3.63) is 48.5 Å². The van der Waals surface area contributed by atoms with Crippen molar-refractivity contribution in [2.24, 2.45) is 0 Å². The fourth-order valence-corrected chi connectivity index (χ4v) is 2.10. The number of hydrogen-bond acceptors (Lipinski definition) is 7. The third kappa shape index (κ3) is 17.3. The number of methoxy groups -OCH3 is 2. The van der Waals surface area contributed by atoms with E-state index in [0.717, 1.165) is 23.9 Å². The van der Waals surface area contributed by atoms with Crippen molar-refractivity contribution in [2.45, 2.75) is 7.43 Å². The summed E-state index contributed by atoms with van der Waals surface area (Å²) in [4.78, 5) is 0. The number of halogens is 1. The first-order chi connectivity index (χ1) is 12.3. The van der Waals surface area contributed by atoms with E-state index in [1.54, 1.807) is 37.4 Å². The molecule has 0 heterocycles. The van der Waals surface area contributed by atoms with Crippen molar-refractivity contribution in [1.82, 2.24) is 0 Å². The molecule has 28 heavy (non-hydrogen) atoms. The first-order valence-corrected chi connectivity index (χ1v) is 11.9. The summed E-state index contributed by atoms with van der Waals surface area (Å²) in [7, 11) is 1.25. The van der Waals surface area contributed by atoms with Gasteiger partial charge in [0.25, 0.3) is 0 Å². The van der Waals surface area contributed by atoms with Gasteiger partial charge in [-0.3, -0.25) is 4.72 Å². The second-order valence-electron chi connectivity index (χ2n) is 5.06. The highest BCUT2D eigenvalue weighted by Crippen LogP contribution is 2.17. The summed E-state index contributed by atoms with van der Waals surface area (Å²) in [5.41, 5.74) is 6.69. The van der Waals surface area contributed by atoms with Crippen LogP contribution in [0.5, 0.6) is 11.5 Å². The van der Waals surface area contributed by atoms with E-state index in [0.29, 0.717) is 11.4 Å². The van der Waals surface area contributed by atoms with Gasteiger partial charge in [-0.2, -0.15) is 0 Å². The molecule has 3 N–H and O–H groups in total. The standard InChI is InChI=1S/C8H11NO3S.C7H9NO.CH3ClO2S.CH4/c1-12-8-5-3-4-7(6-8)9-13(2,10)11;1-9-7-4-2-3-6(8)5-7;1-5(2,3)4;/h3-6,9H,1-2H3;2-5H,8H2,1H3;1H3;1H4. The Labute approximate surface area is 172 Å². The maximum Gasteiger partial charge on any atom is 0.229 e. The van der Waals surface area contributed by atoms with E-state index in [9.17, 15) is 16.8 Å². The van der Waals surface area contributed by atoms with E-state index >= 15 is 0 Å². The zero-order chi connectivity index (χ0) is 21.1. The maximum absolute atomic E-state index is 10.8. The molecule has 160 valence electrons. The second-order valence-corrected chi connectivity index (χ2v) is 9.86. The molecular formula is C17H27ClN2O6S2. The Hall–Kier alpha value is -2.17. The molecule has 0 spiro atoms. The van der Waals surface area contributed by atoms with Crippen LogP contribution in [0.25, 0.3) is 0 Å². The van der Waals surface area contributed by atoms with E-state index in [1.165, 1.54) is 7.11 Å². The van der Waals surface area contributed by atoms with Crippen molar-refractivity contribution >= 4 is 41.1 Å². The quantitative estimate of drug-likeness (QED) is 0.536. The van der Waals surface area contributed by atoms with Crippen molar-refractivity contribution in [1.29, 1.82) is 0 Å². The Morgan fingerprint density at radius 2 is 1.32 bits per heavy atom. The third-order valence-corrected chi connectivity index (χ3v) is 3.07. The molecule has 0 atom stereocenters. The molecule has 0 aliphatic rings. The lowest BCUT2D eigenvalue weighted by Crippen LogP contribution is -2.09. The summed E-state index contributed by atoms with van der Waals surface area (Å²) in [6.07, 6.45) is 2.03. The Balaban J connectivity index is 0. The van der Waals surface area contributed by atoms with Gasteiger partial charge in [0.15, 0.2) is 0 Å². The average molecular weight is 455 g/mol. The van der Waals surface area contributed by atoms with Gasteiger partial charge < -0.3 is 15.2 Å². The summed E-state index contributed by atoms with van der Waals surface area (Å²) < 4.78 is 52.7. The smallest absolute Gasteiger partial charge is 0.229 e. The van der Waals surface area contributed by atoms with Gasteiger partial charge in [-0.25, -0.2) is 16.8 Å². The van der Waals surface area contributed by atoms with Crippen LogP contribution in [-0.2, 0) is 19.1 Å². The average Bonchev–Trinajstić information content (AvgIpc) is 2.52. The minimum Gasteiger partial charge on any atom is -0.497 e. The van der Waals surface area contributed by atoms with Gasteiger partial charge in [0.2, 0.25) is 19.1 Å². The minimum absolute atomic E-state index is 0. The topological polar surface area (TPSA) is 125 Å². The normalized spacial score (nSPS) is 10.0. The highest BCUT2D eigenvalue weighted by atomic mass is 35.7. The Bertz CT molecular complexity index is 911. The fourth-order valence-electron chi connectivity index (χ4n) is 1.54. The number of nitrogens with one attached hydrogen (secondary N) is 1. The monoisotopic (exact) mass is 454 g/mol. The minimum atomic E-state index is -3.21. The van der Waals surface area contributed by atoms with Crippen molar-refractivity contribution < 1.29 is 26.3 Å². The molecular weight excluding hydrogens is 428 g/mol. The number of nitrogen functional groups attached to an aromatic ring is 1. The highest BCUT2D eigenvalue weighted by Gasteiger charge is 2.01. The molecule has 0 saturated carbocycles.